The van der Waals surface area contributed by atoms with Crippen LogP contribution >= 0.6 is 0 Å². The molecule has 0 atom stereocenters. The van der Waals surface area contributed by atoms with Crippen molar-refractivity contribution in [3.05, 3.63) is 59.7 Å². The van der Waals surface area contributed by atoms with E-state index in [1.165, 1.54) is 24.3 Å². The van der Waals surface area contributed by atoms with Gasteiger partial charge in [-0.1, -0.05) is 12.1 Å². The van der Waals surface area contributed by atoms with Gasteiger partial charge in [0.1, 0.15) is 5.75 Å². The molecular formula is C17H14N2O4. The highest BCUT2D eigenvalue weighted by molar-refractivity contribution is 5.95. The maximum absolute atomic E-state index is 11.7. The molecule has 0 unspecified atom stereocenters. The fourth-order valence-electron chi connectivity index (χ4n) is 1.81. The molecule has 0 aliphatic carbocycles. The number of amides is 1. The lowest BCUT2D eigenvalue weighted by atomic mass is 10.1. The van der Waals surface area contributed by atoms with E-state index in [4.69, 9.17) is 15.1 Å². The van der Waals surface area contributed by atoms with Crippen LogP contribution in [0.15, 0.2) is 48.5 Å². The minimum Gasteiger partial charge on any atom is -0.508 e. The zero-order valence-electron chi connectivity index (χ0n) is 12.2. The zero-order chi connectivity index (χ0) is 16.7. The van der Waals surface area contributed by atoms with Crippen molar-refractivity contribution in [2.45, 2.75) is 6.42 Å². The number of nitrogens with zero attached hydrogens (tertiary/aromatic N) is 1. The first-order chi connectivity index (χ1) is 11.1. The summed E-state index contributed by atoms with van der Waals surface area (Å²) in [5.74, 6) is -1.08. The Morgan fingerprint density at radius 3 is 2.35 bits per heavy atom. The molecule has 0 aliphatic heterocycles. The smallest absolute Gasteiger partial charge is 0.338 e. The average molecular weight is 310 g/mol. The first kappa shape index (κ1) is 16.0. The second-order valence-electron chi connectivity index (χ2n) is 4.70. The summed E-state index contributed by atoms with van der Waals surface area (Å²) >= 11 is 0. The number of aromatic hydroxyl groups is 1. The molecule has 2 N–H and O–H groups in total. The highest BCUT2D eigenvalue weighted by Gasteiger charge is 2.10. The van der Waals surface area contributed by atoms with Gasteiger partial charge in [0, 0.05) is 5.69 Å². The minimum absolute atomic E-state index is 0.0409. The summed E-state index contributed by atoms with van der Waals surface area (Å²) in [7, 11) is 0. The number of nitriles is 1. The third-order valence-corrected chi connectivity index (χ3v) is 2.96. The Kier molecular flexibility index (Phi) is 5.31. The lowest BCUT2D eigenvalue weighted by Crippen LogP contribution is -2.20. The molecule has 2 aromatic rings. The number of phenolic OH excluding ortho intramolecular Hbond substituents is 1. The first-order valence-corrected chi connectivity index (χ1v) is 6.80. The SMILES string of the molecule is N#CCc1ccc(NC(=O)COC(=O)c2ccc(O)cc2)cc1. The Morgan fingerprint density at radius 2 is 1.74 bits per heavy atom. The fraction of sp³-hybridized carbons (Fsp3) is 0.118. The first-order valence-electron chi connectivity index (χ1n) is 6.80. The standard InChI is InChI=1S/C17H14N2O4/c18-10-9-12-1-5-14(6-2-12)19-16(21)11-23-17(22)13-3-7-15(20)8-4-13/h1-8,20H,9,11H2,(H,19,21). The van der Waals surface area contributed by atoms with Crippen molar-refractivity contribution in [2.75, 3.05) is 11.9 Å². The highest BCUT2D eigenvalue weighted by Crippen LogP contribution is 2.11. The summed E-state index contributed by atoms with van der Waals surface area (Å²) in [6.45, 7) is -0.417. The molecule has 0 aliphatic rings. The number of anilines is 1. The number of rotatable bonds is 5. The third-order valence-electron chi connectivity index (χ3n) is 2.96. The number of benzene rings is 2. The van der Waals surface area contributed by atoms with Crippen LogP contribution in [0.1, 0.15) is 15.9 Å². The van der Waals surface area contributed by atoms with E-state index >= 15 is 0 Å². The van der Waals surface area contributed by atoms with E-state index in [-0.39, 0.29) is 11.3 Å². The quantitative estimate of drug-likeness (QED) is 0.825. The van der Waals surface area contributed by atoms with Crippen LogP contribution in [0.4, 0.5) is 5.69 Å². The maximum atomic E-state index is 11.7. The minimum atomic E-state index is -0.649. The van der Waals surface area contributed by atoms with Gasteiger partial charge in [0.05, 0.1) is 18.1 Å². The van der Waals surface area contributed by atoms with Crippen LogP contribution in [-0.2, 0) is 16.0 Å². The zero-order valence-corrected chi connectivity index (χ0v) is 12.2. The molecule has 6 heteroatoms. The van der Waals surface area contributed by atoms with E-state index in [1.54, 1.807) is 24.3 Å². The van der Waals surface area contributed by atoms with Crippen molar-refractivity contribution in [2.24, 2.45) is 0 Å². The van der Waals surface area contributed by atoms with Crippen LogP contribution in [0.3, 0.4) is 0 Å². The van der Waals surface area contributed by atoms with E-state index in [2.05, 4.69) is 5.32 Å². The van der Waals surface area contributed by atoms with Gasteiger partial charge in [-0.05, 0) is 42.0 Å². The summed E-state index contributed by atoms with van der Waals surface area (Å²) < 4.78 is 4.89. The topological polar surface area (TPSA) is 99.4 Å². The summed E-state index contributed by atoms with van der Waals surface area (Å²) in [5.41, 5.74) is 1.65. The van der Waals surface area contributed by atoms with Gasteiger partial charge in [-0.25, -0.2) is 4.79 Å². The van der Waals surface area contributed by atoms with Gasteiger partial charge in [0.25, 0.3) is 5.91 Å². The van der Waals surface area contributed by atoms with Crippen molar-refractivity contribution >= 4 is 17.6 Å². The molecule has 116 valence electrons. The molecule has 6 nitrogen and oxygen atoms in total. The van der Waals surface area contributed by atoms with Crippen molar-refractivity contribution < 1.29 is 19.4 Å². The number of ether oxygens (including phenoxy) is 1. The van der Waals surface area contributed by atoms with Crippen LogP contribution in [0.2, 0.25) is 0 Å². The number of phenols is 1. The Bertz CT molecular complexity index is 731. The van der Waals surface area contributed by atoms with E-state index in [0.717, 1.165) is 5.56 Å². The van der Waals surface area contributed by atoms with Crippen molar-refractivity contribution in [3.8, 4) is 11.8 Å². The molecule has 2 aromatic carbocycles. The van der Waals surface area contributed by atoms with Gasteiger partial charge in [0.15, 0.2) is 6.61 Å². The van der Waals surface area contributed by atoms with E-state index in [9.17, 15) is 9.59 Å². The molecule has 1 amide bonds. The predicted octanol–water partition coefficient (Wildman–Crippen LogP) is 2.25. The summed E-state index contributed by atoms with van der Waals surface area (Å²) in [6.07, 6.45) is 0.304. The Labute approximate surface area is 132 Å². The number of carbonyl (C=O) groups excluding carboxylic acids is 2. The van der Waals surface area contributed by atoms with Gasteiger partial charge in [-0.15, -0.1) is 0 Å². The Morgan fingerprint density at radius 1 is 1.09 bits per heavy atom. The summed E-state index contributed by atoms with van der Waals surface area (Å²) in [6, 6.07) is 14.4. The van der Waals surface area contributed by atoms with Crippen LogP contribution < -0.4 is 5.32 Å². The number of esters is 1. The lowest BCUT2D eigenvalue weighted by molar-refractivity contribution is -0.119. The molecule has 0 fully saturated rings. The van der Waals surface area contributed by atoms with Crippen LogP contribution in [0.5, 0.6) is 5.75 Å². The van der Waals surface area contributed by atoms with Crippen molar-refractivity contribution in [1.29, 1.82) is 5.26 Å². The normalized spacial score (nSPS) is 9.70. The van der Waals surface area contributed by atoms with E-state index < -0.39 is 18.5 Å². The van der Waals surface area contributed by atoms with Gasteiger partial charge in [-0.2, -0.15) is 5.26 Å². The summed E-state index contributed by atoms with van der Waals surface area (Å²) in [4.78, 5) is 23.4. The van der Waals surface area contributed by atoms with Crippen LogP contribution in [0, 0.1) is 11.3 Å². The van der Waals surface area contributed by atoms with E-state index in [1.807, 2.05) is 6.07 Å². The molecule has 0 saturated heterocycles. The van der Waals surface area contributed by atoms with Gasteiger partial charge in [0.2, 0.25) is 0 Å². The number of carbonyl (C=O) groups is 2. The Balaban J connectivity index is 1.84. The molecule has 0 heterocycles. The second-order valence-corrected chi connectivity index (χ2v) is 4.70. The monoisotopic (exact) mass is 310 g/mol. The molecule has 0 saturated carbocycles. The second kappa shape index (κ2) is 7.61. The largest absolute Gasteiger partial charge is 0.508 e. The lowest BCUT2D eigenvalue weighted by Gasteiger charge is -2.07. The average Bonchev–Trinajstić information content (AvgIpc) is 2.55. The number of nitrogens with one attached hydrogen (secondary N) is 1. The molecule has 0 aromatic heterocycles. The van der Waals surface area contributed by atoms with Gasteiger partial charge >= 0.3 is 5.97 Å². The van der Waals surface area contributed by atoms with Crippen LogP contribution in [-0.4, -0.2) is 23.6 Å². The van der Waals surface area contributed by atoms with Gasteiger partial charge < -0.3 is 15.2 Å². The third kappa shape index (κ3) is 4.86. The highest BCUT2D eigenvalue weighted by atomic mass is 16.5. The van der Waals surface area contributed by atoms with Crippen molar-refractivity contribution in [3.63, 3.8) is 0 Å². The van der Waals surface area contributed by atoms with Gasteiger partial charge in [-0.3, -0.25) is 4.79 Å². The van der Waals surface area contributed by atoms with Crippen molar-refractivity contribution in [1.82, 2.24) is 0 Å². The fourth-order valence-corrected chi connectivity index (χ4v) is 1.81. The number of hydrogen-bond donors (Lipinski definition) is 2. The molecule has 0 bridgehead atoms. The van der Waals surface area contributed by atoms with E-state index in [0.29, 0.717) is 12.1 Å². The Hall–Kier alpha value is -3.33. The molecule has 2 rings (SSSR count). The maximum Gasteiger partial charge on any atom is 0.338 e. The summed E-state index contributed by atoms with van der Waals surface area (Å²) in [5, 5.41) is 20.3. The molecule has 0 spiro atoms. The molecular weight excluding hydrogens is 296 g/mol. The molecule has 0 radical (unpaired) electrons. The molecule has 23 heavy (non-hydrogen) atoms. The number of hydrogen-bond acceptors (Lipinski definition) is 5. The predicted molar refractivity (Wildman–Crippen MR) is 82.8 cm³/mol. The van der Waals surface area contributed by atoms with Crippen LogP contribution in [0.25, 0.3) is 0 Å².